The highest BCUT2D eigenvalue weighted by Gasteiger charge is 2.33. The number of aryl methyl sites for hydroxylation is 2. The van der Waals surface area contributed by atoms with E-state index < -0.39 is 0 Å². The van der Waals surface area contributed by atoms with E-state index in [1.165, 1.54) is 0 Å². The number of benzene rings is 1. The van der Waals surface area contributed by atoms with Crippen molar-refractivity contribution in [3.63, 3.8) is 0 Å². The molecule has 1 aromatic rings. The molecule has 1 aliphatic heterocycles. The number of nitriles is 1. The first kappa shape index (κ1) is 13.6. The average Bonchev–Trinajstić information content (AvgIpc) is 2.33. The fraction of sp³-hybridized carbons (Fsp3) is 0.467. The van der Waals surface area contributed by atoms with E-state index in [0.717, 1.165) is 23.4 Å². The van der Waals surface area contributed by atoms with Crippen LogP contribution in [0.2, 0.25) is 0 Å². The molecule has 19 heavy (non-hydrogen) atoms. The summed E-state index contributed by atoms with van der Waals surface area (Å²) in [6, 6.07) is 7.93. The van der Waals surface area contributed by atoms with Crippen LogP contribution in [0.15, 0.2) is 18.2 Å². The average molecular weight is 257 g/mol. The van der Waals surface area contributed by atoms with Gasteiger partial charge in [0.05, 0.1) is 12.5 Å². The molecule has 1 aliphatic rings. The van der Waals surface area contributed by atoms with E-state index in [1.54, 1.807) is 0 Å². The van der Waals surface area contributed by atoms with Crippen molar-refractivity contribution in [2.24, 2.45) is 0 Å². The minimum absolute atomic E-state index is 0.0281. The Kier molecular flexibility index (Phi) is 3.87. The molecule has 1 amide bonds. The molecule has 0 aliphatic carbocycles. The Balaban J connectivity index is 2.30. The Morgan fingerprint density at radius 1 is 1.26 bits per heavy atom. The van der Waals surface area contributed by atoms with E-state index in [2.05, 4.69) is 12.1 Å². The van der Waals surface area contributed by atoms with Gasteiger partial charge in [-0.15, -0.1) is 0 Å². The largest absolute Gasteiger partial charge is 0.310 e. The summed E-state index contributed by atoms with van der Waals surface area (Å²) in [7, 11) is 1.90. The number of amides is 1. The monoisotopic (exact) mass is 257 g/mol. The van der Waals surface area contributed by atoms with Gasteiger partial charge in [0.25, 0.3) is 0 Å². The summed E-state index contributed by atoms with van der Waals surface area (Å²) in [5, 5.41) is 8.85. The topological polar surface area (TPSA) is 47.3 Å². The first-order valence-corrected chi connectivity index (χ1v) is 6.50. The number of piperazine rings is 1. The van der Waals surface area contributed by atoms with Gasteiger partial charge in [0.2, 0.25) is 5.91 Å². The van der Waals surface area contributed by atoms with Crippen LogP contribution in [0.5, 0.6) is 0 Å². The molecule has 100 valence electrons. The molecule has 1 heterocycles. The van der Waals surface area contributed by atoms with Crippen LogP contribution >= 0.6 is 0 Å². The Hall–Kier alpha value is -1.86. The third-order valence-corrected chi connectivity index (χ3v) is 3.56. The van der Waals surface area contributed by atoms with Gasteiger partial charge in [-0.3, -0.25) is 9.69 Å². The van der Waals surface area contributed by atoms with Crippen LogP contribution in [0.4, 0.5) is 5.69 Å². The van der Waals surface area contributed by atoms with Crippen LogP contribution in [0, 0.1) is 25.2 Å². The molecule has 0 spiro atoms. The molecule has 0 N–H and O–H groups in total. The fourth-order valence-electron chi connectivity index (χ4n) is 2.58. The van der Waals surface area contributed by atoms with Crippen LogP contribution in [-0.4, -0.2) is 37.0 Å². The van der Waals surface area contributed by atoms with Crippen LogP contribution in [0.1, 0.15) is 17.5 Å². The van der Waals surface area contributed by atoms with Gasteiger partial charge in [-0.1, -0.05) is 6.07 Å². The van der Waals surface area contributed by atoms with Crippen molar-refractivity contribution in [1.29, 1.82) is 5.26 Å². The SMILES string of the molecule is Cc1cc(C)cc(N2CCN(C)C(CC#N)C2=O)c1. The minimum Gasteiger partial charge on any atom is -0.310 e. The molecule has 2 rings (SSSR count). The van der Waals surface area contributed by atoms with Crippen molar-refractivity contribution >= 4 is 11.6 Å². The molecule has 1 saturated heterocycles. The summed E-state index contributed by atoms with van der Waals surface area (Å²) < 4.78 is 0. The number of rotatable bonds is 2. The molecule has 4 heteroatoms. The lowest BCUT2D eigenvalue weighted by molar-refractivity contribution is -0.125. The van der Waals surface area contributed by atoms with E-state index in [9.17, 15) is 4.79 Å². The molecule has 0 aromatic heterocycles. The molecular weight excluding hydrogens is 238 g/mol. The van der Waals surface area contributed by atoms with Gasteiger partial charge in [-0.2, -0.15) is 5.26 Å². The Morgan fingerprint density at radius 3 is 2.47 bits per heavy atom. The summed E-state index contributed by atoms with van der Waals surface area (Å²) in [4.78, 5) is 16.3. The van der Waals surface area contributed by atoms with E-state index in [-0.39, 0.29) is 18.4 Å². The molecule has 1 atom stereocenters. The summed E-state index contributed by atoms with van der Waals surface area (Å²) in [5.41, 5.74) is 3.25. The second-order valence-electron chi connectivity index (χ2n) is 5.19. The van der Waals surface area contributed by atoms with Gasteiger partial charge in [-0.25, -0.2) is 0 Å². The first-order chi connectivity index (χ1) is 9.02. The number of hydrogen-bond donors (Lipinski definition) is 0. The highest BCUT2D eigenvalue weighted by atomic mass is 16.2. The minimum atomic E-state index is -0.320. The van der Waals surface area contributed by atoms with Gasteiger partial charge >= 0.3 is 0 Å². The first-order valence-electron chi connectivity index (χ1n) is 6.50. The van der Waals surface area contributed by atoms with Gasteiger partial charge in [0, 0.05) is 18.8 Å². The summed E-state index contributed by atoms with van der Waals surface area (Å²) >= 11 is 0. The Bertz CT molecular complexity index is 512. The highest BCUT2D eigenvalue weighted by Crippen LogP contribution is 2.23. The number of carbonyl (C=O) groups excluding carboxylic acids is 1. The zero-order chi connectivity index (χ0) is 14.0. The lowest BCUT2D eigenvalue weighted by atomic mass is 10.1. The van der Waals surface area contributed by atoms with Gasteiger partial charge in [0.1, 0.15) is 6.04 Å². The standard InChI is InChI=1S/C15H19N3O/c1-11-8-12(2)10-13(9-11)18-7-6-17(3)14(4-5-16)15(18)19/h8-10,14H,4,6-7H2,1-3H3. The predicted octanol–water partition coefficient (Wildman–Crippen LogP) is 1.86. The van der Waals surface area contributed by atoms with Gasteiger partial charge < -0.3 is 4.90 Å². The van der Waals surface area contributed by atoms with Crippen molar-refractivity contribution in [2.75, 3.05) is 25.0 Å². The lowest BCUT2D eigenvalue weighted by Gasteiger charge is -2.38. The van der Waals surface area contributed by atoms with Gasteiger partial charge in [0.15, 0.2) is 0 Å². The van der Waals surface area contributed by atoms with Crippen LogP contribution in [0.3, 0.4) is 0 Å². The number of likely N-dealkylation sites (N-methyl/N-ethyl adjacent to an activating group) is 1. The molecule has 0 bridgehead atoms. The quantitative estimate of drug-likeness (QED) is 0.812. The Labute approximate surface area is 114 Å². The summed E-state index contributed by atoms with van der Waals surface area (Å²) in [6.45, 7) is 5.54. The molecule has 1 aromatic carbocycles. The van der Waals surface area contributed by atoms with Crippen molar-refractivity contribution in [3.8, 4) is 6.07 Å². The molecular formula is C15H19N3O. The van der Waals surface area contributed by atoms with Crippen molar-refractivity contribution in [3.05, 3.63) is 29.3 Å². The number of hydrogen-bond acceptors (Lipinski definition) is 3. The van der Waals surface area contributed by atoms with Crippen LogP contribution < -0.4 is 4.90 Å². The fourth-order valence-corrected chi connectivity index (χ4v) is 2.58. The van der Waals surface area contributed by atoms with Gasteiger partial charge in [-0.05, 0) is 44.2 Å². The molecule has 1 unspecified atom stereocenters. The zero-order valence-electron chi connectivity index (χ0n) is 11.7. The van der Waals surface area contributed by atoms with Crippen LogP contribution in [-0.2, 0) is 4.79 Å². The van der Waals surface area contributed by atoms with E-state index in [0.29, 0.717) is 6.54 Å². The van der Waals surface area contributed by atoms with Crippen molar-refractivity contribution < 1.29 is 4.79 Å². The summed E-state index contributed by atoms with van der Waals surface area (Å²) in [6.07, 6.45) is 0.247. The number of nitrogens with zero attached hydrogens (tertiary/aromatic N) is 3. The second-order valence-corrected chi connectivity index (χ2v) is 5.19. The lowest BCUT2D eigenvalue weighted by Crippen LogP contribution is -2.55. The smallest absolute Gasteiger partial charge is 0.245 e. The normalized spacial score (nSPS) is 20.4. The van der Waals surface area contributed by atoms with E-state index in [1.807, 2.05) is 42.8 Å². The molecule has 0 saturated carbocycles. The van der Waals surface area contributed by atoms with Crippen molar-refractivity contribution in [2.45, 2.75) is 26.3 Å². The third-order valence-electron chi connectivity index (χ3n) is 3.56. The highest BCUT2D eigenvalue weighted by molar-refractivity contribution is 5.98. The Morgan fingerprint density at radius 2 is 1.89 bits per heavy atom. The molecule has 4 nitrogen and oxygen atoms in total. The maximum absolute atomic E-state index is 12.5. The molecule has 0 radical (unpaired) electrons. The number of carbonyl (C=O) groups is 1. The molecule has 1 fully saturated rings. The van der Waals surface area contributed by atoms with E-state index in [4.69, 9.17) is 5.26 Å². The number of anilines is 1. The second kappa shape index (κ2) is 5.41. The van der Waals surface area contributed by atoms with Crippen LogP contribution in [0.25, 0.3) is 0 Å². The summed E-state index contributed by atoms with van der Waals surface area (Å²) in [5.74, 6) is 0.0281. The zero-order valence-corrected chi connectivity index (χ0v) is 11.7. The van der Waals surface area contributed by atoms with E-state index >= 15 is 0 Å². The maximum atomic E-state index is 12.5. The third kappa shape index (κ3) is 2.77. The predicted molar refractivity (Wildman–Crippen MR) is 74.9 cm³/mol. The maximum Gasteiger partial charge on any atom is 0.245 e. The van der Waals surface area contributed by atoms with Crippen molar-refractivity contribution in [1.82, 2.24) is 4.90 Å².